The summed E-state index contributed by atoms with van der Waals surface area (Å²) in [6, 6.07) is 16.4. The van der Waals surface area contributed by atoms with Crippen LogP contribution in [0.15, 0.2) is 61.1 Å². The number of piperidine rings is 1. The maximum atomic E-state index is 4.43. The number of hydrogen-bond acceptors (Lipinski definition) is 4. The van der Waals surface area contributed by atoms with Crippen LogP contribution in [0.5, 0.6) is 0 Å². The summed E-state index contributed by atoms with van der Waals surface area (Å²) in [5.74, 6) is 0.709. The van der Waals surface area contributed by atoms with Crippen molar-refractivity contribution in [2.24, 2.45) is 0 Å². The van der Waals surface area contributed by atoms with Crippen LogP contribution in [-0.4, -0.2) is 37.0 Å². The molecule has 2 bridgehead atoms. The molecule has 2 fully saturated rings. The van der Waals surface area contributed by atoms with E-state index in [9.17, 15) is 0 Å². The van der Waals surface area contributed by atoms with E-state index in [-0.39, 0.29) is 0 Å². The van der Waals surface area contributed by atoms with Crippen molar-refractivity contribution in [1.29, 1.82) is 0 Å². The van der Waals surface area contributed by atoms with Gasteiger partial charge in [0.2, 0.25) is 0 Å². The lowest BCUT2D eigenvalue weighted by atomic mass is 9.85. The fourth-order valence-electron chi connectivity index (χ4n) is 4.88. The average Bonchev–Trinajstić information content (AvgIpc) is 3.23. The molecule has 0 amide bonds. The topological polar surface area (TPSA) is 46.8 Å². The van der Waals surface area contributed by atoms with Gasteiger partial charge in [-0.3, -0.25) is 9.88 Å². The van der Waals surface area contributed by atoms with Gasteiger partial charge in [0, 0.05) is 31.0 Å². The second-order valence-corrected chi connectivity index (χ2v) is 7.91. The molecule has 4 heterocycles. The van der Waals surface area contributed by atoms with Crippen molar-refractivity contribution in [3.05, 3.63) is 77.9 Å². The third kappa shape index (κ3) is 3.52. The van der Waals surface area contributed by atoms with Gasteiger partial charge in [-0.15, -0.1) is 5.10 Å². The molecule has 2 aliphatic heterocycles. The molecule has 0 N–H and O–H groups in total. The summed E-state index contributed by atoms with van der Waals surface area (Å²) < 4.78 is 1.92. The van der Waals surface area contributed by atoms with E-state index in [1.807, 2.05) is 16.9 Å². The number of fused-ring (bicyclic) bond motifs is 2. The smallest absolute Gasteiger partial charge is 0.0967 e. The van der Waals surface area contributed by atoms with Gasteiger partial charge in [-0.05, 0) is 48.8 Å². The molecule has 5 heteroatoms. The Bertz CT molecular complexity index is 862. The van der Waals surface area contributed by atoms with Gasteiger partial charge in [-0.25, -0.2) is 4.68 Å². The molecule has 1 aromatic carbocycles. The Morgan fingerprint density at radius 3 is 2.48 bits per heavy atom. The van der Waals surface area contributed by atoms with E-state index in [1.54, 1.807) is 6.20 Å². The van der Waals surface area contributed by atoms with Crippen LogP contribution in [0.2, 0.25) is 0 Å². The Hall–Kier alpha value is -2.53. The van der Waals surface area contributed by atoms with Crippen molar-refractivity contribution in [3.63, 3.8) is 0 Å². The molecule has 2 saturated heterocycles. The molecule has 3 atom stereocenters. The highest BCUT2D eigenvalue weighted by atomic mass is 15.4. The first-order valence-electron chi connectivity index (χ1n) is 9.94. The molecule has 5 rings (SSSR count). The van der Waals surface area contributed by atoms with E-state index in [2.05, 4.69) is 62.8 Å². The molecule has 27 heavy (non-hydrogen) atoms. The SMILES string of the molecule is c1ccc(C2C[C@H]3CC[C@@H](C2)N3Cc2cn(Cc3cccnc3)nn2)cc1. The third-order valence-electron chi connectivity index (χ3n) is 6.15. The van der Waals surface area contributed by atoms with Gasteiger partial charge in [0.25, 0.3) is 0 Å². The summed E-state index contributed by atoms with van der Waals surface area (Å²) in [5, 5.41) is 8.75. The Morgan fingerprint density at radius 2 is 1.74 bits per heavy atom. The lowest BCUT2D eigenvalue weighted by molar-refractivity contribution is 0.117. The summed E-state index contributed by atoms with van der Waals surface area (Å²) in [6.07, 6.45) is 10.9. The van der Waals surface area contributed by atoms with Crippen LogP contribution < -0.4 is 0 Å². The summed E-state index contributed by atoms with van der Waals surface area (Å²) in [6.45, 7) is 1.65. The first kappa shape index (κ1) is 16.6. The molecule has 0 spiro atoms. The van der Waals surface area contributed by atoms with E-state index in [4.69, 9.17) is 0 Å². The van der Waals surface area contributed by atoms with Crippen LogP contribution in [0, 0.1) is 0 Å². The normalized spacial score (nSPS) is 25.0. The Balaban J connectivity index is 1.25. The zero-order valence-electron chi connectivity index (χ0n) is 15.5. The molecule has 5 nitrogen and oxygen atoms in total. The van der Waals surface area contributed by atoms with Crippen molar-refractivity contribution < 1.29 is 0 Å². The second kappa shape index (κ2) is 7.24. The van der Waals surface area contributed by atoms with E-state index in [1.165, 1.54) is 31.2 Å². The standard InChI is InChI=1S/C22H25N5/c1-2-6-18(7-3-1)19-11-21-8-9-22(12-19)27(21)16-20-15-26(25-24-20)14-17-5-4-10-23-13-17/h1-7,10,13,15,19,21-22H,8-9,11-12,14,16H2/t19?,21-,22+. The van der Waals surface area contributed by atoms with Crippen LogP contribution in [-0.2, 0) is 13.1 Å². The number of benzene rings is 1. The number of hydrogen-bond donors (Lipinski definition) is 0. The molecule has 0 saturated carbocycles. The van der Waals surface area contributed by atoms with Crippen LogP contribution in [0.1, 0.15) is 48.4 Å². The first-order valence-corrected chi connectivity index (χ1v) is 9.94. The molecule has 2 aromatic heterocycles. The Kier molecular flexibility index (Phi) is 4.46. The first-order chi connectivity index (χ1) is 13.3. The second-order valence-electron chi connectivity index (χ2n) is 7.91. The fourth-order valence-corrected chi connectivity index (χ4v) is 4.88. The predicted octanol–water partition coefficient (Wildman–Crippen LogP) is 3.63. The van der Waals surface area contributed by atoms with Crippen molar-refractivity contribution in [3.8, 4) is 0 Å². The van der Waals surface area contributed by atoms with Gasteiger partial charge in [0.15, 0.2) is 0 Å². The van der Waals surface area contributed by atoms with E-state index >= 15 is 0 Å². The molecule has 3 aromatic rings. The van der Waals surface area contributed by atoms with Gasteiger partial charge in [0.1, 0.15) is 0 Å². The summed E-state index contributed by atoms with van der Waals surface area (Å²) in [7, 11) is 0. The zero-order valence-corrected chi connectivity index (χ0v) is 15.5. The summed E-state index contributed by atoms with van der Waals surface area (Å²) in [4.78, 5) is 6.85. The predicted molar refractivity (Wildman–Crippen MR) is 104 cm³/mol. The highest BCUT2D eigenvalue weighted by Crippen LogP contribution is 2.43. The summed E-state index contributed by atoms with van der Waals surface area (Å²) in [5.41, 5.74) is 3.74. The van der Waals surface area contributed by atoms with Crippen LogP contribution in [0.25, 0.3) is 0 Å². The Labute approximate surface area is 160 Å². The molecular formula is C22H25N5. The number of nitrogens with zero attached hydrogens (tertiary/aromatic N) is 5. The lowest BCUT2D eigenvalue weighted by Crippen LogP contribution is -2.41. The minimum atomic E-state index is 0.678. The summed E-state index contributed by atoms with van der Waals surface area (Å²) >= 11 is 0. The number of rotatable bonds is 5. The van der Waals surface area contributed by atoms with Gasteiger partial charge >= 0.3 is 0 Å². The van der Waals surface area contributed by atoms with Crippen LogP contribution in [0.3, 0.4) is 0 Å². The monoisotopic (exact) mass is 359 g/mol. The highest BCUT2D eigenvalue weighted by Gasteiger charge is 2.41. The molecule has 2 aliphatic rings. The minimum Gasteiger partial charge on any atom is -0.291 e. The van der Waals surface area contributed by atoms with Gasteiger partial charge in [0.05, 0.1) is 18.4 Å². The van der Waals surface area contributed by atoms with E-state index in [0.717, 1.165) is 24.3 Å². The van der Waals surface area contributed by atoms with Crippen molar-refractivity contribution in [2.75, 3.05) is 0 Å². The fraction of sp³-hybridized carbons (Fsp3) is 0.409. The van der Waals surface area contributed by atoms with E-state index in [0.29, 0.717) is 18.0 Å². The number of aromatic nitrogens is 4. The average molecular weight is 359 g/mol. The largest absolute Gasteiger partial charge is 0.291 e. The maximum absolute atomic E-state index is 4.43. The minimum absolute atomic E-state index is 0.678. The van der Waals surface area contributed by atoms with Crippen molar-refractivity contribution in [2.45, 2.75) is 56.8 Å². The lowest BCUT2D eigenvalue weighted by Gasteiger charge is -2.38. The maximum Gasteiger partial charge on any atom is 0.0967 e. The molecule has 0 aliphatic carbocycles. The van der Waals surface area contributed by atoms with Crippen LogP contribution >= 0.6 is 0 Å². The number of pyridine rings is 1. The van der Waals surface area contributed by atoms with Crippen LogP contribution in [0.4, 0.5) is 0 Å². The van der Waals surface area contributed by atoms with Gasteiger partial charge in [-0.1, -0.05) is 41.6 Å². The molecule has 138 valence electrons. The highest BCUT2D eigenvalue weighted by molar-refractivity contribution is 5.22. The quantitative estimate of drug-likeness (QED) is 0.698. The molecule has 1 unspecified atom stereocenters. The molecular weight excluding hydrogens is 334 g/mol. The van der Waals surface area contributed by atoms with Crippen molar-refractivity contribution in [1.82, 2.24) is 24.9 Å². The third-order valence-corrected chi connectivity index (χ3v) is 6.15. The zero-order chi connectivity index (χ0) is 18.1. The van der Waals surface area contributed by atoms with Crippen molar-refractivity contribution >= 4 is 0 Å². The van der Waals surface area contributed by atoms with Gasteiger partial charge < -0.3 is 0 Å². The molecule has 0 radical (unpaired) electrons. The van der Waals surface area contributed by atoms with E-state index < -0.39 is 0 Å². The van der Waals surface area contributed by atoms with Gasteiger partial charge in [-0.2, -0.15) is 0 Å². The Morgan fingerprint density at radius 1 is 0.926 bits per heavy atom.